The molecule has 31 heavy (non-hydrogen) atoms. The van der Waals surface area contributed by atoms with E-state index >= 15 is 0 Å². The van der Waals surface area contributed by atoms with Crippen molar-refractivity contribution in [2.24, 2.45) is 0 Å². The van der Waals surface area contributed by atoms with Crippen LogP contribution >= 0.6 is 23.2 Å². The van der Waals surface area contributed by atoms with E-state index in [4.69, 9.17) is 43.1 Å². The SMILES string of the molecule is COc1cc(N)c(Cl)cc1C(=O)N[C@@H]1CCN(CCOc2cncc(Cl)c2)C[C@@H]1OC. The van der Waals surface area contributed by atoms with E-state index in [1.54, 1.807) is 31.6 Å². The van der Waals surface area contributed by atoms with Crippen LogP contribution in [-0.2, 0) is 4.74 Å². The second kappa shape index (κ2) is 10.9. The average molecular weight is 469 g/mol. The fourth-order valence-electron chi connectivity index (χ4n) is 3.51. The number of pyridine rings is 1. The summed E-state index contributed by atoms with van der Waals surface area (Å²) >= 11 is 12.0. The van der Waals surface area contributed by atoms with Gasteiger partial charge in [0.25, 0.3) is 5.91 Å². The number of piperidine rings is 1. The lowest BCUT2D eigenvalue weighted by molar-refractivity contribution is 0.00321. The van der Waals surface area contributed by atoms with Gasteiger partial charge in [-0.05, 0) is 12.5 Å². The molecule has 1 aliphatic heterocycles. The van der Waals surface area contributed by atoms with Crippen molar-refractivity contribution in [3.05, 3.63) is 46.2 Å². The number of likely N-dealkylation sites (tertiary alicyclic amines) is 1. The van der Waals surface area contributed by atoms with Gasteiger partial charge in [0, 0.05) is 45.1 Å². The fourth-order valence-corrected chi connectivity index (χ4v) is 3.84. The Balaban J connectivity index is 1.55. The van der Waals surface area contributed by atoms with E-state index in [0.29, 0.717) is 52.5 Å². The first-order valence-electron chi connectivity index (χ1n) is 9.83. The van der Waals surface area contributed by atoms with Crippen LogP contribution in [0, 0.1) is 0 Å². The number of nitrogens with zero attached hydrogens (tertiary/aromatic N) is 2. The summed E-state index contributed by atoms with van der Waals surface area (Å²) in [6.45, 7) is 2.67. The number of hydrogen-bond acceptors (Lipinski definition) is 7. The largest absolute Gasteiger partial charge is 0.496 e. The highest BCUT2D eigenvalue weighted by Gasteiger charge is 2.31. The quantitative estimate of drug-likeness (QED) is 0.574. The Labute approximate surface area is 191 Å². The van der Waals surface area contributed by atoms with Gasteiger partial charge >= 0.3 is 0 Å². The molecule has 1 fully saturated rings. The second-order valence-corrected chi connectivity index (χ2v) is 8.05. The molecule has 0 saturated carbocycles. The molecule has 1 aromatic heterocycles. The molecular weight excluding hydrogens is 443 g/mol. The Morgan fingerprint density at radius 1 is 1.29 bits per heavy atom. The highest BCUT2D eigenvalue weighted by Crippen LogP contribution is 2.29. The molecule has 2 atom stereocenters. The van der Waals surface area contributed by atoms with E-state index in [0.717, 1.165) is 13.0 Å². The maximum atomic E-state index is 12.9. The lowest BCUT2D eigenvalue weighted by Crippen LogP contribution is -2.55. The number of carbonyl (C=O) groups is 1. The first-order valence-corrected chi connectivity index (χ1v) is 10.6. The molecule has 2 aromatic rings. The number of aromatic nitrogens is 1. The van der Waals surface area contributed by atoms with Crippen LogP contribution in [-0.4, -0.2) is 68.4 Å². The summed E-state index contributed by atoms with van der Waals surface area (Å²) in [5.74, 6) is 0.726. The number of carbonyl (C=O) groups excluding carboxylic acids is 1. The van der Waals surface area contributed by atoms with Crippen LogP contribution < -0.4 is 20.5 Å². The first-order chi connectivity index (χ1) is 14.9. The van der Waals surface area contributed by atoms with Crippen LogP contribution in [0.2, 0.25) is 10.0 Å². The van der Waals surface area contributed by atoms with Crippen LogP contribution in [0.4, 0.5) is 5.69 Å². The Morgan fingerprint density at radius 3 is 2.81 bits per heavy atom. The van der Waals surface area contributed by atoms with Crippen molar-refractivity contribution < 1.29 is 19.0 Å². The van der Waals surface area contributed by atoms with E-state index in [9.17, 15) is 4.79 Å². The molecule has 0 spiro atoms. The Hall–Kier alpha value is -2.26. The number of benzene rings is 1. The minimum Gasteiger partial charge on any atom is -0.496 e. The average Bonchev–Trinajstić information content (AvgIpc) is 2.76. The summed E-state index contributed by atoms with van der Waals surface area (Å²) in [6, 6.07) is 4.65. The number of halogens is 2. The van der Waals surface area contributed by atoms with Gasteiger partial charge in [0.1, 0.15) is 18.1 Å². The minimum absolute atomic E-state index is 0.146. The molecular formula is C21H26Cl2N4O4. The summed E-state index contributed by atoms with van der Waals surface area (Å²) in [5, 5.41) is 3.88. The number of methoxy groups -OCH3 is 2. The van der Waals surface area contributed by atoms with Gasteiger partial charge in [-0.3, -0.25) is 14.7 Å². The number of hydrogen-bond donors (Lipinski definition) is 2. The highest BCUT2D eigenvalue weighted by atomic mass is 35.5. The van der Waals surface area contributed by atoms with E-state index in [-0.39, 0.29) is 18.1 Å². The summed E-state index contributed by atoms with van der Waals surface area (Å²) < 4.78 is 16.7. The lowest BCUT2D eigenvalue weighted by atomic mass is 10.0. The van der Waals surface area contributed by atoms with E-state index in [1.807, 2.05) is 0 Å². The van der Waals surface area contributed by atoms with Crippen LogP contribution in [0.1, 0.15) is 16.8 Å². The van der Waals surface area contributed by atoms with Crippen molar-refractivity contribution in [3.63, 3.8) is 0 Å². The zero-order valence-corrected chi connectivity index (χ0v) is 18.9. The molecule has 8 nitrogen and oxygen atoms in total. The lowest BCUT2D eigenvalue weighted by Gasteiger charge is -2.38. The van der Waals surface area contributed by atoms with Crippen LogP contribution in [0.5, 0.6) is 11.5 Å². The van der Waals surface area contributed by atoms with Crippen LogP contribution in [0.15, 0.2) is 30.6 Å². The number of amides is 1. The van der Waals surface area contributed by atoms with Crippen LogP contribution in [0.25, 0.3) is 0 Å². The molecule has 3 rings (SSSR count). The third kappa shape index (κ3) is 6.13. The molecule has 0 radical (unpaired) electrons. The van der Waals surface area contributed by atoms with Crippen molar-refractivity contribution >= 4 is 34.8 Å². The third-order valence-electron chi connectivity index (χ3n) is 5.18. The first kappa shape index (κ1) is 23.4. The predicted molar refractivity (Wildman–Crippen MR) is 120 cm³/mol. The number of nitrogens with one attached hydrogen (secondary N) is 1. The van der Waals surface area contributed by atoms with Gasteiger partial charge < -0.3 is 25.3 Å². The van der Waals surface area contributed by atoms with E-state index < -0.39 is 0 Å². The molecule has 2 heterocycles. The molecule has 3 N–H and O–H groups in total. The van der Waals surface area contributed by atoms with E-state index in [1.165, 1.54) is 13.2 Å². The standard InChI is InChI=1S/C21H26Cl2N4O4/c1-29-19-9-17(24)16(23)8-15(19)21(28)26-18-3-4-27(12-20(18)30-2)5-6-31-14-7-13(22)10-25-11-14/h7-11,18,20H,3-6,12,24H2,1-2H3,(H,26,28)/t18-,20+/m1/s1. The van der Waals surface area contributed by atoms with Gasteiger partial charge in [-0.2, -0.15) is 0 Å². The monoisotopic (exact) mass is 468 g/mol. The fraction of sp³-hybridized carbons (Fsp3) is 0.429. The normalized spacial score (nSPS) is 19.1. The highest BCUT2D eigenvalue weighted by molar-refractivity contribution is 6.33. The number of anilines is 1. The summed E-state index contributed by atoms with van der Waals surface area (Å²) in [4.78, 5) is 19.1. The maximum Gasteiger partial charge on any atom is 0.255 e. The molecule has 1 aromatic carbocycles. The van der Waals surface area contributed by atoms with Crippen LogP contribution in [0.3, 0.4) is 0 Å². The molecule has 1 amide bonds. The third-order valence-corrected chi connectivity index (χ3v) is 5.72. The number of rotatable bonds is 8. The number of ether oxygens (including phenoxy) is 3. The molecule has 10 heteroatoms. The van der Waals surface area contributed by atoms with Crippen molar-refractivity contribution in [2.75, 3.05) is 46.2 Å². The molecule has 168 valence electrons. The smallest absolute Gasteiger partial charge is 0.255 e. The second-order valence-electron chi connectivity index (χ2n) is 7.20. The number of nitrogens with two attached hydrogens (primary N) is 1. The van der Waals surface area contributed by atoms with Crippen molar-refractivity contribution in [3.8, 4) is 11.5 Å². The molecule has 0 bridgehead atoms. The molecule has 0 unspecified atom stereocenters. The Morgan fingerprint density at radius 2 is 2.10 bits per heavy atom. The van der Waals surface area contributed by atoms with Crippen molar-refractivity contribution in [1.29, 1.82) is 0 Å². The zero-order valence-electron chi connectivity index (χ0n) is 17.4. The molecule has 0 aliphatic carbocycles. The maximum absolute atomic E-state index is 12.9. The molecule has 1 saturated heterocycles. The summed E-state index contributed by atoms with van der Waals surface area (Å²) in [6.07, 6.45) is 3.75. The molecule has 1 aliphatic rings. The number of nitrogen functional groups attached to an aromatic ring is 1. The summed E-state index contributed by atoms with van der Waals surface area (Å²) in [7, 11) is 3.12. The van der Waals surface area contributed by atoms with Gasteiger partial charge in [0.2, 0.25) is 0 Å². The van der Waals surface area contributed by atoms with Gasteiger partial charge in [-0.15, -0.1) is 0 Å². The Bertz CT molecular complexity index is 915. The topological polar surface area (TPSA) is 98.9 Å². The van der Waals surface area contributed by atoms with E-state index in [2.05, 4.69) is 15.2 Å². The van der Waals surface area contributed by atoms with Crippen molar-refractivity contribution in [1.82, 2.24) is 15.2 Å². The van der Waals surface area contributed by atoms with Gasteiger partial charge in [0.15, 0.2) is 0 Å². The predicted octanol–water partition coefficient (Wildman–Crippen LogP) is 2.88. The Kier molecular flexibility index (Phi) is 8.20. The van der Waals surface area contributed by atoms with Gasteiger partial charge in [-0.25, -0.2) is 0 Å². The minimum atomic E-state index is -0.281. The zero-order chi connectivity index (χ0) is 22.4. The van der Waals surface area contributed by atoms with Gasteiger partial charge in [-0.1, -0.05) is 23.2 Å². The van der Waals surface area contributed by atoms with Crippen molar-refractivity contribution in [2.45, 2.75) is 18.6 Å². The summed E-state index contributed by atoms with van der Waals surface area (Å²) in [5.41, 5.74) is 6.49. The van der Waals surface area contributed by atoms with Gasteiger partial charge in [0.05, 0.1) is 46.7 Å².